The average Bonchev–Trinajstić information content (AvgIpc) is 2.99. The molecule has 1 aromatic heterocycles. The van der Waals surface area contributed by atoms with Crippen LogP contribution in [0.15, 0.2) is 10.6 Å². The number of nitrogens with one attached hydrogen (secondary N) is 1. The number of carbonyl (C=O) groups is 2. The molecule has 1 aliphatic rings. The summed E-state index contributed by atoms with van der Waals surface area (Å²) in [6.45, 7) is 7.36. The number of aryl methyl sites for hydroxylation is 1. The Balaban J connectivity index is 1.83. The predicted octanol–water partition coefficient (Wildman–Crippen LogP) is 3.38. The molecule has 24 heavy (non-hydrogen) atoms. The largest absolute Gasteiger partial charge is 0.360 e. The summed E-state index contributed by atoms with van der Waals surface area (Å²) in [5, 5.41) is 6.58. The first-order valence-electron chi connectivity index (χ1n) is 9.08. The van der Waals surface area contributed by atoms with Gasteiger partial charge in [0.2, 0.25) is 11.8 Å². The van der Waals surface area contributed by atoms with Gasteiger partial charge in [-0.15, -0.1) is 0 Å². The van der Waals surface area contributed by atoms with Crippen LogP contribution in [-0.2, 0) is 9.59 Å². The fourth-order valence-electron chi connectivity index (χ4n) is 3.36. The van der Waals surface area contributed by atoms with E-state index in [0.29, 0.717) is 37.5 Å². The Morgan fingerprint density at radius 3 is 2.42 bits per heavy atom. The van der Waals surface area contributed by atoms with Crippen LogP contribution in [0.5, 0.6) is 0 Å². The number of aromatic nitrogens is 1. The molecule has 0 aromatic carbocycles. The Morgan fingerprint density at radius 2 is 1.92 bits per heavy atom. The number of hydrogen-bond acceptors (Lipinski definition) is 4. The number of likely N-dealkylation sites (tertiary alicyclic amines) is 1. The number of anilines is 1. The highest BCUT2D eigenvalue weighted by atomic mass is 16.5. The second-order valence-electron chi connectivity index (χ2n) is 6.69. The Bertz CT molecular complexity index is 541. The van der Waals surface area contributed by atoms with E-state index in [1.165, 1.54) is 0 Å². The lowest BCUT2D eigenvalue weighted by molar-refractivity contribution is -0.138. The van der Waals surface area contributed by atoms with E-state index in [9.17, 15) is 9.59 Å². The van der Waals surface area contributed by atoms with Gasteiger partial charge in [0, 0.05) is 31.0 Å². The Hall–Kier alpha value is -1.85. The predicted molar refractivity (Wildman–Crippen MR) is 92.5 cm³/mol. The van der Waals surface area contributed by atoms with Crippen LogP contribution in [0.25, 0.3) is 0 Å². The van der Waals surface area contributed by atoms with Crippen molar-refractivity contribution in [1.29, 1.82) is 0 Å². The van der Waals surface area contributed by atoms with Crippen molar-refractivity contribution in [3.05, 3.63) is 11.8 Å². The zero-order valence-corrected chi connectivity index (χ0v) is 15.0. The molecule has 134 valence electrons. The molecule has 0 unspecified atom stereocenters. The van der Waals surface area contributed by atoms with Gasteiger partial charge in [0.05, 0.1) is 0 Å². The van der Waals surface area contributed by atoms with Crippen molar-refractivity contribution in [3.8, 4) is 0 Å². The van der Waals surface area contributed by atoms with Crippen LogP contribution in [0.2, 0.25) is 0 Å². The molecule has 1 aliphatic heterocycles. The molecule has 0 radical (unpaired) electrons. The molecular formula is C18H29N3O3. The molecule has 6 heteroatoms. The van der Waals surface area contributed by atoms with Crippen LogP contribution in [0.1, 0.15) is 58.1 Å². The molecule has 1 fully saturated rings. The van der Waals surface area contributed by atoms with Crippen LogP contribution >= 0.6 is 0 Å². The molecule has 2 rings (SSSR count). The molecule has 2 heterocycles. The third-order valence-corrected chi connectivity index (χ3v) is 4.68. The molecule has 1 saturated heterocycles. The Kier molecular flexibility index (Phi) is 6.82. The van der Waals surface area contributed by atoms with Crippen molar-refractivity contribution >= 4 is 17.6 Å². The third-order valence-electron chi connectivity index (χ3n) is 4.68. The van der Waals surface area contributed by atoms with E-state index >= 15 is 0 Å². The highest BCUT2D eigenvalue weighted by Crippen LogP contribution is 2.23. The van der Waals surface area contributed by atoms with Gasteiger partial charge in [-0.2, -0.15) is 0 Å². The van der Waals surface area contributed by atoms with Crippen LogP contribution in [-0.4, -0.2) is 35.0 Å². The van der Waals surface area contributed by atoms with E-state index in [1.807, 2.05) is 4.90 Å². The lowest BCUT2D eigenvalue weighted by Gasteiger charge is -2.33. The minimum absolute atomic E-state index is 0.0333. The number of rotatable bonds is 7. The third kappa shape index (κ3) is 4.82. The van der Waals surface area contributed by atoms with Gasteiger partial charge in [0.1, 0.15) is 5.76 Å². The normalized spacial score (nSPS) is 15.8. The number of carbonyl (C=O) groups excluding carboxylic acids is 2. The van der Waals surface area contributed by atoms with Crippen molar-refractivity contribution in [2.75, 3.05) is 18.4 Å². The number of hydrogen-bond donors (Lipinski definition) is 1. The lowest BCUT2D eigenvalue weighted by Crippen LogP contribution is -2.44. The molecule has 0 spiro atoms. The molecule has 1 N–H and O–H groups in total. The Morgan fingerprint density at radius 1 is 1.29 bits per heavy atom. The summed E-state index contributed by atoms with van der Waals surface area (Å²) in [4.78, 5) is 26.9. The highest BCUT2D eigenvalue weighted by molar-refractivity contribution is 5.91. The molecule has 0 saturated carbocycles. The molecular weight excluding hydrogens is 306 g/mol. The summed E-state index contributed by atoms with van der Waals surface area (Å²) in [6.07, 6.45) is 5.40. The van der Waals surface area contributed by atoms with Crippen molar-refractivity contribution in [1.82, 2.24) is 10.1 Å². The molecule has 0 bridgehead atoms. The fourth-order valence-corrected chi connectivity index (χ4v) is 3.36. The maximum Gasteiger partial charge on any atom is 0.228 e. The maximum atomic E-state index is 12.7. The number of piperidine rings is 1. The van der Waals surface area contributed by atoms with E-state index < -0.39 is 0 Å². The minimum atomic E-state index is -0.0677. The van der Waals surface area contributed by atoms with Gasteiger partial charge in [-0.1, -0.05) is 31.8 Å². The van der Waals surface area contributed by atoms with Gasteiger partial charge in [-0.25, -0.2) is 0 Å². The van der Waals surface area contributed by atoms with E-state index in [0.717, 1.165) is 25.7 Å². The Labute approximate surface area is 143 Å². The van der Waals surface area contributed by atoms with Gasteiger partial charge in [0.15, 0.2) is 5.82 Å². The summed E-state index contributed by atoms with van der Waals surface area (Å²) in [6, 6.07) is 1.71. The smallest absolute Gasteiger partial charge is 0.228 e. The van der Waals surface area contributed by atoms with Crippen LogP contribution in [0, 0.1) is 18.8 Å². The summed E-state index contributed by atoms with van der Waals surface area (Å²) in [5.74, 6) is 1.44. The second-order valence-corrected chi connectivity index (χ2v) is 6.69. The number of amides is 2. The first-order chi connectivity index (χ1) is 11.5. The topological polar surface area (TPSA) is 75.4 Å². The van der Waals surface area contributed by atoms with Crippen LogP contribution in [0.3, 0.4) is 0 Å². The minimum Gasteiger partial charge on any atom is -0.360 e. The molecule has 2 amide bonds. The van der Waals surface area contributed by atoms with Gasteiger partial charge >= 0.3 is 0 Å². The summed E-state index contributed by atoms with van der Waals surface area (Å²) >= 11 is 0. The van der Waals surface area contributed by atoms with Gasteiger partial charge in [-0.3, -0.25) is 9.59 Å². The summed E-state index contributed by atoms with van der Waals surface area (Å²) in [7, 11) is 0. The van der Waals surface area contributed by atoms with E-state index in [-0.39, 0.29) is 23.7 Å². The van der Waals surface area contributed by atoms with Crippen molar-refractivity contribution in [2.24, 2.45) is 11.8 Å². The van der Waals surface area contributed by atoms with E-state index in [2.05, 4.69) is 24.3 Å². The standard InChI is InChI=1S/C18H29N3O3/c1-4-6-15(7-5-2)18(23)21-10-8-14(9-11-21)17(22)19-16-12-13(3)24-20-16/h12,14-15H,4-11H2,1-3H3,(H,19,20,22). The number of nitrogens with zero attached hydrogens (tertiary/aromatic N) is 2. The molecule has 6 nitrogen and oxygen atoms in total. The maximum absolute atomic E-state index is 12.7. The van der Waals surface area contributed by atoms with E-state index in [1.54, 1.807) is 13.0 Å². The van der Waals surface area contributed by atoms with E-state index in [4.69, 9.17) is 4.52 Å². The van der Waals surface area contributed by atoms with Crippen LogP contribution < -0.4 is 5.32 Å². The van der Waals surface area contributed by atoms with Crippen LogP contribution in [0.4, 0.5) is 5.82 Å². The molecule has 0 aliphatic carbocycles. The van der Waals surface area contributed by atoms with Gasteiger partial charge in [-0.05, 0) is 32.6 Å². The lowest BCUT2D eigenvalue weighted by atomic mass is 9.92. The average molecular weight is 335 g/mol. The summed E-state index contributed by atoms with van der Waals surface area (Å²) < 4.78 is 4.96. The second kappa shape index (κ2) is 8.85. The molecule has 1 aromatic rings. The monoisotopic (exact) mass is 335 g/mol. The van der Waals surface area contributed by atoms with Crippen molar-refractivity contribution < 1.29 is 14.1 Å². The SMILES string of the molecule is CCCC(CCC)C(=O)N1CCC(C(=O)Nc2cc(C)on2)CC1. The summed E-state index contributed by atoms with van der Waals surface area (Å²) in [5.41, 5.74) is 0. The zero-order chi connectivity index (χ0) is 17.5. The zero-order valence-electron chi connectivity index (χ0n) is 15.0. The highest BCUT2D eigenvalue weighted by Gasteiger charge is 2.30. The van der Waals surface area contributed by atoms with Crippen molar-refractivity contribution in [2.45, 2.75) is 59.3 Å². The quantitative estimate of drug-likeness (QED) is 0.829. The first-order valence-corrected chi connectivity index (χ1v) is 9.08. The van der Waals surface area contributed by atoms with Crippen molar-refractivity contribution in [3.63, 3.8) is 0 Å². The fraction of sp³-hybridized carbons (Fsp3) is 0.722. The van der Waals surface area contributed by atoms with Gasteiger partial charge < -0.3 is 14.7 Å². The first kappa shape index (κ1) is 18.5. The molecule has 0 atom stereocenters. The van der Waals surface area contributed by atoms with Gasteiger partial charge in [0.25, 0.3) is 0 Å².